The lowest BCUT2D eigenvalue weighted by Crippen LogP contribution is -2.41. The minimum Gasteiger partial charge on any atom is -0.379 e. The number of carbonyl (C=O) groups is 1. The zero-order chi connectivity index (χ0) is 16.2. The Morgan fingerprint density at radius 1 is 1.52 bits per heavy atom. The molecule has 23 heavy (non-hydrogen) atoms. The SMILES string of the molecule is Cc1cc(C[C@@H]2COC[C@@H]2NC(=O)CSc2nncn2C)on1. The lowest BCUT2D eigenvalue weighted by atomic mass is 9.98. The highest BCUT2D eigenvalue weighted by Gasteiger charge is 2.30. The molecule has 0 aliphatic carbocycles. The van der Waals surface area contributed by atoms with Gasteiger partial charge in [-0.1, -0.05) is 16.9 Å². The molecule has 1 aliphatic rings. The Morgan fingerprint density at radius 2 is 2.39 bits per heavy atom. The second-order valence-electron chi connectivity index (χ2n) is 5.62. The molecule has 1 saturated heterocycles. The van der Waals surface area contributed by atoms with Gasteiger partial charge in [-0.05, 0) is 6.92 Å². The summed E-state index contributed by atoms with van der Waals surface area (Å²) in [6.45, 7) is 3.03. The van der Waals surface area contributed by atoms with Gasteiger partial charge in [0.25, 0.3) is 0 Å². The fourth-order valence-corrected chi connectivity index (χ4v) is 3.21. The maximum absolute atomic E-state index is 12.1. The van der Waals surface area contributed by atoms with Crippen LogP contribution >= 0.6 is 11.8 Å². The van der Waals surface area contributed by atoms with E-state index in [2.05, 4.69) is 20.7 Å². The smallest absolute Gasteiger partial charge is 0.230 e. The van der Waals surface area contributed by atoms with Gasteiger partial charge in [0.2, 0.25) is 5.91 Å². The standard InChI is InChI=1S/C14H19N5O3S/c1-9-3-11(22-18-9)4-10-5-21-6-12(10)16-13(20)7-23-14-17-15-8-19(14)2/h3,8,10,12H,4-7H2,1-2H3,(H,16,20)/t10-,12+/m1/s1. The predicted molar refractivity (Wildman–Crippen MR) is 82.9 cm³/mol. The Morgan fingerprint density at radius 3 is 3.09 bits per heavy atom. The normalized spacial score (nSPS) is 20.8. The molecule has 0 radical (unpaired) electrons. The number of hydrogen-bond donors (Lipinski definition) is 1. The molecule has 9 heteroatoms. The molecule has 0 spiro atoms. The first kappa shape index (κ1) is 16.0. The lowest BCUT2D eigenvalue weighted by molar-refractivity contribution is -0.119. The average Bonchev–Trinajstić information content (AvgIpc) is 3.22. The van der Waals surface area contributed by atoms with Crippen molar-refractivity contribution in [2.24, 2.45) is 13.0 Å². The Bertz CT molecular complexity index is 671. The zero-order valence-electron chi connectivity index (χ0n) is 13.1. The highest BCUT2D eigenvalue weighted by molar-refractivity contribution is 7.99. The summed E-state index contributed by atoms with van der Waals surface area (Å²) in [5.41, 5.74) is 0.861. The van der Waals surface area contributed by atoms with Gasteiger partial charge < -0.3 is 19.1 Å². The number of aryl methyl sites for hydroxylation is 2. The van der Waals surface area contributed by atoms with Gasteiger partial charge in [0.05, 0.1) is 30.7 Å². The second kappa shape index (κ2) is 7.14. The molecule has 3 rings (SSSR count). The van der Waals surface area contributed by atoms with Gasteiger partial charge in [0.15, 0.2) is 5.16 Å². The third kappa shape index (κ3) is 4.11. The number of thioether (sulfide) groups is 1. The van der Waals surface area contributed by atoms with Crippen LogP contribution in [0.15, 0.2) is 22.1 Å². The van der Waals surface area contributed by atoms with E-state index in [4.69, 9.17) is 9.26 Å². The molecule has 1 aliphatic heterocycles. The number of amides is 1. The summed E-state index contributed by atoms with van der Waals surface area (Å²) >= 11 is 1.36. The van der Waals surface area contributed by atoms with Crippen molar-refractivity contribution in [1.29, 1.82) is 0 Å². The van der Waals surface area contributed by atoms with Gasteiger partial charge in [-0.25, -0.2) is 0 Å². The van der Waals surface area contributed by atoms with Crippen LogP contribution in [-0.4, -0.2) is 50.8 Å². The molecule has 8 nitrogen and oxygen atoms in total. The third-order valence-electron chi connectivity index (χ3n) is 3.69. The first-order chi connectivity index (χ1) is 11.1. The van der Waals surface area contributed by atoms with E-state index in [0.29, 0.717) is 25.4 Å². The molecular weight excluding hydrogens is 318 g/mol. The molecule has 2 aromatic heterocycles. The van der Waals surface area contributed by atoms with Gasteiger partial charge in [0.1, 0.15) is 12.1 Å². The minimum absolute atomic E-state index is 0.00648. The van der Waals surface area contributed by atoms with Gasteiger partial charge in [-0.15, -0.1) is 10.2 Å². The highest BCUT2D eigenvalue weighted by atomic mass is 32.2. The van der Waals surface area contributed by atoms with Crippen LogP contribution in [0.25, 0.3) is 0 Å². The zero-order valence-corrected chi connectivity index (χ0v) is 13.9. The Kier molecular flexibility index (Phi) is 4.97. The largest absolute Gasteiger partial charge is 0.379 e. The van der Waals surface area contributed by atoms with Gasteiger partial charge in [0, 0.05) is 25.5 Å². The van der Waals surface area contributed by atoms with Crippen molar-refractivity contribution in [1.82, 2.24) is 25.2 Å². The van der Waals surface area contributed by atoms with Crippen LogP contribution in [0.2, 0.25) is 0 Å². The van der Waals surface area contributed by atoms with Crippen molar-refractivity contribution in [2.75, 3.05) is 19.0 Å². The number of nitrogens with one attached hydrogen (secondary N) is 1. The van der Waals surface area contributed by atoms with Crippen LogP contribution in [0, 0.1) is 12.8 Å². The van der Waals surface area contributed by atoms with Crippen LogP contribution < -0.4 is 5.32 Å². The molecule has 2 atom stereocenters. The molecule has 0 unspecified atom stereocenters. The van der Waals surface area contributed by atoms with Gasteiger partial charge >= 0.3 is 0 Å². The molecule has 3 heterocycles. The Labute approximate surface area is 138 Å². The molecule has 1 amide bonds. The van der Waals surface area contributed by atoms with E-state index in [0.717, 1.165) is 16.6 Å². The second-order valence-corrected chi connectivity index (χ2v) is 6.57. The summed E-state index contributed by atoms with van der Waals surface area (Å²) in [7, 11) is 1.85. The highest BCUT2D eigenvalue weighted by Crippen LogP contribution is 2.20. The van der Waals surface area contributed by atoms with Crippen molar-refractivity contribution < 1.29 is 14.1 Å². The topological polar surface area (TPSA) is 95.1 Å². The first-order valence-corrected chi connectivity index (χ1v) is 8.36. The summed E-state index contributed by atoms with van der Waals surface area (Å²) in [5, 5.41) is 15.4. The first-order valence-electron chi connectivity index (χ1n) is 7.38. The van der Waals surface area contributed by atoms with Crippen LogP contribution in [0.5, 0.6) is 0 Å². The number of hydrogen-bond acceptors (Lipinski definition) is 7. The van der Waals surface area contributed by atoms with E-state index in [9.17, 15) is 4.79 Å². The minimum atomic E-state index is -0.0350. The molecule has 1 fully saturated rings. The van der Waals surface area contributed by atoms with Crippen LogP contribution in [0.4, 0.5) is 0 Å². The maximum Gasteiger partial charge on any atom is 0.230 e. The average molecular weight is 337 g/mol. The third-order valence-corrected chi connectivity index (χ3v) is 4.72. The molecule has 124 valence electrons. The molecule has 0 aromatic carbocycles. The number of nitrogens with zero attached hydrogens (tertiary/aromatic N) is 4. The molecule has 2 aromatic rings. The fourth-order valence-electron chi connectivity index (χ4n) is 2.51. The van der Waals surface area contributed by atoms with Crippen molar-refractivity contribution in [3.8, 4) is 0 Å². The summed E-state index contributed by atoms with van der Waals surface area (Å²) in [5.74, 6) is 1.29. The van der Waals surface area contributed by atoms with Gasteiger partial charge in [-0.2, -0.15) is 0 Å². The molecular formula is C14H19N5O3S. The van der Waals surface area contributed by atoms with E-state index in [1.54, 1.807) is 10.9 Å². The Hall–Kier alpha value is -1.87. The number of rotatable bonds is 6. The van der Waals surface area contributed by atoms with Crippen LogP contribution in [0.3, 0.4) is 0 Å². The van der Waals surface area contributed by atoms with Gasteiger partial charge in [-0.3, -0.25) is 4.79 Å². The summed E-state index contributed by atoms with van der Waals surface area (Å²) in [6, 6.07) is 1.91. The Balaban J connectivity index is 1.49. The monoisotopic (exact) mass is 337 g/mol. The van der Waals surface area contributed by atoms with Crippen molar-refractivity contribution >= 4 is 17.7 Å². The maximum atomic E-state index is 12.1. The molecule has 0 bridgehead atoms. The van der Waals surface area contributed by atoms with E-state index in [1.165, 1.54) is 11.8 Å². The van der Waals surface area contributed by atoms with Crippen molar-refractivity contribution in [3.05, 3.63) is 23.8 Å². The quantitative estimate of drug-likeness (QED) is 0.770. The fraction of sp³-hybridized carbons (Fsp3) is 0.571. The number of carbonyl (C=O) groups excluding carboxylic acids is 1. The predicted octanol–water partition coefficient (Wildman–Crippen LogP) is 0.578. The van der Waals surface area contributed by atoms with Crippen molar-refractivity contribution in [2.45, 2.75) is 24.5 Å². The summed E-state index contributed by atoms with van der Waals surface area (Å²) in [4.78, 5) is 12.1. The lowest BCUT2D eigenvalue weighted by Gasteiger charge is -2.17. The summed E-state index contributed by atoms with van der Waals surface area (Å²) < 4.78 is 12.5. The number of aromatic nitrogens is 4. The van der Waals surface area contributed by atoms with E-state index in [-0.39, 0.29) is 17.9 Å². The van der Waals surface area contributed by atoms with Crippen LogP contribution in [-0.2, 0) is 23.0 Å². The van der Waals surface area contributed by atoms with Crippen molar-refractivity contribution in [3.63, 3.8) is 0 Å². The van der Waals surface area contributed by atoms with E-state index < -0.39 is 0 Å². The molecule has 0 saturated carbocycles. The van der Waals surface area contributed by atoms with Crippen LogP contribution in [0.1, 0.15) is 11.5 Å². The van der Waals surface area contributed by atoms with E-state index in [1.807, 2.05) is 20.0 Å². The molecule has 1 N–H and O–H groups in total. The number of ether oxygens (including phenoxy) is 1. The summed E-state index contributed by atoms with van der Waals surface area (Å²) in [6.07, 6.45) is 2.32. The van der Waals surface area contributed by atoms with E-state index >= 15 is 0 Å².